The van der Waals surface area contributed by atoms with Crippen LogP contribution in [0.1, 0.15) is 5.69 Å². The minimum atomic E-state index is -0.650. The lowest BCUT2D eigenvalue weighted by Crippen LogP contribution is -2.25. The lowest BCUT2D eigenvalue weighted by Gasteiger charge is -2.12. The van der Waals surface area contributed by atoms with Crippen LogP contribution in [0, 0.1) is 0 Å². The number of rotatable bonds is 5. The van der Waals surface area contributed by atoms with Crippen molar-refractivity contribution in [2.45, 2.75) is 6.42 Å². The van der Waals surface area contributed by atoms with Gasteiger partial charge in [0, 0.05) is 11.8 Å². The number of aromatic amines is 2. The molecule has 0 fully saturated rings. The maximum absolute atomic E-state index is 12.2. The SMILES string of the molecule is O=C(Cc1cc(=O)[nH]c(=O)[nH]1)Nc1ccccc1Oc1ccccc1. The second-order valence-corrected chi connectivity index (χ2v) is 5.25. The van der Waals surface area contributed by atoms with Crippen LogP contribution < -0.4 is 21.3 Å². The molecule has 25 heavy (non-hydrogen) atoms. The number of amides is 1. The molecule has 7 nitrogen and oxygen atoms in total. The van der Waals surface area contributed by atoms with Crippen LogP contribution in [-0.4, -0.2) is 15.9 Å². The third-order valence-corrected chi connectivity index (χ3v) is 3.30. The molecule has 0 atom stereocenters. The molecule has 1 heterocycles. The Morgan fingerprint density at radius 1 is 0.960 bits per heavy atom. The fourth-order valence-electron chi connectivity index (χ4n) is 2.26. The minimum absolute atomic E-state index is 0.140. The molecular weight excluding hydrogens is 322 g/mol. The summed E-state index contributed by atoms with van der Waals surface area (Å²) in [6, 6.07) is 17.4. The summed E-state index contributed by atoms with van der Waals surface area (Å²) in [5, 5.41) is 2.72. The van der Waals surface area contributed by atoms with Crippen molar-refractivity contribution in [1.29, 1.82) is 0 Å². The van der Waals surface area contributed by atoms with E-state index in [2.05, 4.69) is 15.3 Å². The first-order chi connectivity index (χ1) is 12.1. The van der Waals surface area contributed by atoms with Gasteiger partial charge in [-0.1, -0.05) is 30.3 Å². The van der Waals surface area contributed by atoms with E-state index in [9.17, 15) is 14.4 Å². The third kappa shape index (κ3) is 4.44. The Balaban J connectivity index is 1.75. The maximum atomic E-state index is 12.2. The van der Waals surface area contributed by atoms with Crippen molar-refractivity contribution < 1.29 is 9.53 Å². The highest BCUT2D eigenvalue weighted by Crippen LogP contribution is 2.29. The van der Waals surface area contributed by atoms with E-state index in [1.54, 1.807) is 36.4 Å². The molecule has 0 bridgehead atoms. The molecule has 0 aliphatic rings. The normalized spacial score (nSPS) is 10.2. The van der Waals surface area contributed by atoms with Gasteiger partial charge >= 0.3 is 5.69 Å². The number of ether oxygens (including phenoxy) is 1. The molecule has 0 radical (unpaired) electrons. The first kappa shape index (κ1) is 16.3. The molecule has 126 valence electrons. The Morgan fingerprint density at radius 2 is 1.68 bits per heavy atom. The van der Waals surface area contributed by atoms with Gasteiger partial charge < -0.3 is 15.0 Å². The lowest BCUT2D eigenvalue weighted by atomic mass is 10.2. The van der Waals surface area contributed by atoms with Crippen LogP contribution in [0.2, 0.25) is 0 Å². The monoisotopic (exact) mass is 337 g/mol. The Labute approximate surface area is 142 Å². The molecule has 3 aromatic rings. The van der Waals surface area contributed by atoms with Crippen LogP contribution in [0.4, 0.5) is 5.69 Å². The third-order valence-electron chi connectivity index (χ3n) is 3.30. The Bertz CT molecular complexity index is 964. The summed E-state index contributed by atoms with van der Waals surface area (Å²) in [6.07, 6.45) is -0.140. The number of benzene rings is 2. The smallest absolute Gasteiger partial charge is 0.325 e. The predicted molar refractivity (Wildman–Crippen MR) is 93.0 cm³/mol. The van der Waals surface area contributed by atoms with Crippen LogP contribution in [0.15, 0.2) is 70.3 Å². The molecule has 1 aromatic heterocycles. The average molecular weight is 337 g/mol. The van der Waals surface area contributed by atoms with Gasteiger partial charge in [0.05, 0.1) is 12.1 Å². The van der Waals surface area contributed by atoms with E-state index in [4.69, 9.17) is 4.74 Å². The summed E-state index contributed by atoms with van der Waals surface area (Å²) in [7, 11) is 0. The first-order valence-electron chi connectivity index (χ1n) is 7.54. The molecule has 0 saturated heterocycles. The quantitative estimate of drug-likeness (QED) is 0.662. The molecule has 0 aliphatic carbocycles. The van der Waals surface area contributed by atoms with Crippen molar-refractivity contribution in [3.05, 3.63) is 87.2 Å². The van der Waals surface area contributed by atoms with Crippen molar-refractivity contribution in [3.63, 3.8) is 0 Å². The van der Waals surface area contributed by atoms with E-state index in [1.165, 1.54) is 6.07 Å². The number of H-pyrrole nitrogens is 2. The highest BCUT2D eigenvalue weighted by atomic mass is 16.5. The van der Waals surface area contributed by atoms with Gasteiger partial charge in [0.2, 0.25) is 5.91 Å². The predicted octanol–water partition coefficient (Wildman–Crippen LogP) is 2.04. The van der Waals surface area contributed by atoms with E-state index >= 15 is 0 Å². The van der Waals surface area contributed by atoms with Gasteiger partial charge in [-0.2, -0.15) is 0 Å². The minimum Gasteiger partial charge on any atom is -0.455 e. The first-order valence-corrected chi connectivity index (χ1v) is 7.54. The second-order valence-electron chi connectivity index (χ2n) is 5.25. The fraction of sp³-hybridized carbons (Fsp3) is 0.0556. The van der Waals surface area contributed by atoms with Crippen molar-refractivity contribution >= 4 is 11.6 Å². The molecule has 3 rings (SSSR count). The largest absolute Gasteiger partial charge is 0.455 e. The number of hydrogen-bond acceptors (Lipinski definition) is 4. The molecule has 0 spiro atoms. The van der Waals surface area contributed by atoms with Crippen LogP contribution >= 0.6 is 0 Å². The molecular formula is C18H15N3O4. The van der Waals surface area contributed by atoms with Crippen LogP contribution in [-0.2, 0) is 11.2 Å². The summed E-state index contributed by atoms with van der Waals surface area (Å²) in [4.78, 5) is 39.2. The van der Waals surface area contributed by atoms with Crippen molar-refractivity contribution in [1.82, 2.24) is 9.97 Å². The summed E-state index contributed by atoms with van der Waals surface area (Å²) < 4.78 is 5.77. The molecule has 2 aromatic carbocycles. The number of carbonyl (C=O) groups excluding carboxylic acids is 1. The number of anilines is 1. The van der Waals surface area contributed by atoms with E-state index in [0.29, 0.717) is 17.2 Å². The van der Waals surface area contributed by atoms with Gasteiger partial charge in [-0.25, -0.2) is 4.79 Å². The molecule has 0 aliphatic heterocycles. The topological polar surface area (TPSA) is 104 Å². The Morgan fingerprint density at radius 3 is 2.44 bits per heavy atom. The van der Waals surface area contributed by atoms with Gasteiger partial charge in [0.15, 0.2) is 5.75 Å². The molecule has 3 N–H and O–H groups in total. The molecule has 0 saturated carbocycles. The highest BCUT2D eigenvalue weighted by molar-refractivity contribution is 5.93. The Kier molecular flexibility index (Phi) is 4.75. The van der Waals surface area contributed by atoms with Crippen LogP contribution in [0.5, 0.6) is 11.5 Å². The molecule has 7 heteroatoms. The van der Waals surface area contributed by atoms with Crippen molar-refractivity contribution in [2.75, 3.05) is 5.32 Å². The number of nitrogens with one attached hydrogen (secondary N) is 3. The van der Waals surface area contributed by atoms with Gasteiger partial charge in [-0.05, 0) is 24.3 Å². The molecule has 1 amide bonds. The van der Waals surface area contributed by atoms with Crippen LogP contribution in [0.3, 0.4) is 0 Å². The summed E-state index contributed by atoms with van der Waals surface area (Å²) >= 11 is 0. The van der Waals surface area contributed by atoms with E-state index in [0.717, 1.165) is 0 Å². The number of para-hydroxylation sites is 3. The second kappa shape index (κ2) is 7.31. The Hall–Kier alpha value is -3.61. The molecule has 0 unspecified atom stereocenters. The number of hydrogen-bond donors (Lipinski definition) is 3. The van der Waals surface area contributed by atoms with Gasteiger partial charge in [-0.15, -0.1) is 0 Å². The van der Waals surface area contributed by atoms with Crippen molar-refractivity contribution in [3.8, 4) is 11.5 Å². The zero-order chi connectivity index (χ0) is 17.6. The number of aromatic nitrogens is 2. The highest BCUT2D eigenvalue weighted by Gasteiger charge is 2.10. The van der Waals surface area contributed by atoms with Gasteiger partial charge in [0.1, 0.15) is 5.75 Å². The number of carbonyl (C=O) groups is 1. The van der Waals surface area contributed by atoms with Gasteiger partial charge in [0.25, 0.3) is 5.56 Å². The average Bonchev–Trinajstić information content (AvgIpc) is 2.56. The summed E-state index contributed by atoms with van der Waals surface area (Å²) in [6.45, 7) is 0. The van der Waals surface area contributed by atoms with Crippen LogP contribution in [0.25, 0.3) is 0 Å². The summed E-state index contributed by atoms with van der Waals surface area (Å²) in [5.41, 5.74) is -0.487. The van der Waals surface area contributed by atoms with E-state index in [1.807, 2.05) is 18.2 Å². The fourth-order valence-corrected chi connectivity index (χ4v) is 2.26. The zero-order valence-electron chi connectivity index (χ0n) is 13.1. The lowest BCUT2D eigenvalue weighted by molar-refractivity contribution is -0.115. The van der Waals surface area contributed by atoms with E-state index in [-0.39, 0.29) is 18.0 Å². The van der Waals surface area contributed by atoms with E-state index < -0.39 is 11.2 Å². The standard InChI is InChI=1S/C18H15N3O4/c22-16(10-12-11-17(23)21-18(24)19-12)20-14-8-4-5-9-15(14)25-13-6-2-1-3-7-13/h1-9,11H,10H2,(H,20,22)(H2,19,21,23,24). The van der Waals surface area contributed by atoms with Crippen molar-refractivity contribution in [2.24, 2.45) is 0 Å². The zero-order valence-corrected chi connectivity index (χ0v) is 13.1. The van der Waals surface area contributed by atoms with Gasteiger partial charge in [-0.3, -0.25) is 14.6 Å². The maximum Gasteiger partial charge on any atom is 0.325 e. The summed E-state index contributed by atoms with van der Waals surface area (Å²) in [5.74, 6) is 0.745.